The second kappa shape index (κ2) is 4.90. The van der Waals surface area contributed by atoms with Crippen molar-refractivity contribution in [3.05, 3.63) is 52.8 Å². The van der Waals surface area contributed by atoms with Crippen LogP contribution in [-0.4, -0.2) is 4.98 Å². The van der Waals surface area contributed by atoms with Crippen molar-refractivity contribution in [1.29, 1.82) is 5.26 Å². The van der Waals surface area contributed by atoms with E-state index in [4.69, 9.17) is 16.9 Å². The molecule has 0 saturated carbocycles. The maximum atomic E-state index is 12.9. The quantitative estimate of drug-likeness (QED) is 0.782. The van der Waals surface area contributed by atoms with Gasteiger partial charge in [-0.3, -0.25) is 0 Å². The van der Waals surface area contributed by atoms with Gasteiger partial charge >= 0.3 is 6.18 Å². The molecule has 0 radical (unpaired) electrons. The van der Waals surface area contributed by atoms with Gasteiger partial charge in [0.1, 0.15) is 6.07 Å². The highest BCUT2D eigenvalue weighted by Crippen LogP contribution is 2.37. The van der Waals surface area contributed by atoms with Gasteiger partial charge in [0.2, 0.25) is 0 Å². The van der Waals surface area contributed by atoms with Crippen LogP contribution in [0.5, 0.6) is 0 Å². The normalized spacial score (nSPS) is 11.1. The predicted octanol–water partition coefficient (Wildman–Crippen LogP) is 4.29. The number of aromatic nitrogens is 1. The maximum Gasteiger partial charge on any atom is 0.417 e. The Bertz CT molecular complexity index is 660. The topological polar surface area (TPSA) is 36.7 Å². The number of pyridine rings is 1. The smallest absolute Gasteiger partial charge is 0.243 e. The molecule has 6 heteroatoms. The zero-order valence-electron chi connectivity index (χ0n) is 9.37. The van der Waals surface area contributed by atoms with E-state index in [-0.39, 0.29) is 21.8 Å². The van der Waals surface area contributed by atoms with Crippen molar-refractivity contribution >= 4 is 11.6 Å². The van der Waals surface area contributed by atoms with Crippen LogP contribution >= 0.6 is 11.6 Å². The van der Waals surface area contributed by atoms with E-state index in [1.54, 1.807) is 6.07 Å². The van der Waals surface area contributed by atoms with Gasteiger partial charge in [0.15, 0.2) is 5.69 Å². The van der Waals surface area contributed by atoms with E-state index in [2.05, 4.69) is 4.98 Å². The van der Waals surface area contributed by atoms with Crippen LogP contribution in [0.15, 0.2) is 36.5 Å². The molecule has 2 nitrogen and oxygen atoms in total. The Labute approximate surface area is 112 Å². The third-order valence-electron chi connectivity index (χ3n) is 2.49. The lowest BCUT2D eigenvalue weighted by Gasteiger charge is -2.12. The number of halogens is 4. The fourth-order valence-corrected chi connectivity index (χ4v) is 1.86. The summed E-state index contributed by atoms with van der Waals surface area (Å²) in [6.45, 7) is 0. The summed E-state index contributed by atoms with van der Waals surface area (Å²) in [5, 5.41) is 8.71. The molecule has 0 atom stereocenters. The van der Waals surface area contributed by atoms with Crippen LogP contribution in [0.4, 0.5) is 13.2 Å². The summed E-state index contributed by atoms with van der Waals surface area (Å²) in [6, 6.07) is 8.19. The third kappa shape index (κ3) is 2.69. The van der Waals surface area contributed by atoms with Crippen LogP contribution in [0.1, 0.15) is 11.3 Å². The summed E-state index contributed by atoms with van der Waals surface area (Å²) >= 11 is 5.78. The molecule has 0 fully saturated rings. The molecule has 2 rings (SSSR count). The fourth-order valence-electron chi connectivity index (χ4n) is 1.65. The number of rotatable bonds is 1. The molecule has 0 unspecified atom stereocenters. The van der Waals surface area contributed by atoms with Crippen LogP contribution in [0.25, 0.3) is 11.1 Å². The number of alkyl halides is 3. The largest absolute Gasteiger partial charge is 0.417 e. The number of benzene rings is 1. The molecular weight excluding hydrogens is 277 g/mol. The van der Waals surface area contributed by atoms with Crippen LogP contribution in [0, 0.1) is 11.3 Å². The Morgan fingerprint density at radius 3 is 2.47 bits per heavy atom. The highest BCUT2D eigenvalue weighted by atomic mass is 35.5. The Hall–Kier alpha value is -2.06. The molecule has 0 aliphatic heterocycles. The lowest BCUT2D eigenvalue weighted by Crippen LogP contribution is -2.07. The molecule has 1 heterocycles. The Morgan fingerprint density at radius 2 is 1.89 bits per heavy atom. The first-order valence-corrected chi connectivity index (χ1v) is 5.53. The standard InChI is InChI=1S/C13H6ClF3N2/c14-11-5-8(7-19-12(11)6-18)9-3-1-2-4-10(9)13(15,16)17/h1-5,7H. The average molecular weight is 283 g/mol. The van der Waals surface area contributed by atoms with E-state index in [1.165, 1.54) is 30.5 Å². The van der Waals surface area contributed by atoms with Gasteiger partial charge in [-0.1, -0.05) is 29.8 Å². The molecule has 0 N–H and O–H groups in total. The van der Waals surface area contributed by atoms with Gasteiger partial charge in [0.25, 0.3) is 0 Å². The maximum absolute atomic E-state index is 12.9. The Kier molecular flexibility index (Phi) is 3.45. The van der Waals surface area contributed by atoms with Crippen LogP contribution in [0.2, 0.25) is 5.02 Å². The zero-order valence-corrected chi connectivity index (χ0v) is 10.1. The minimum Gasteiger partial charge on any atom is -0.243 e. The van der Waals surface area contributed by atoms with Crippen LogP contribution < -0.4 is 0 Å². The van der Waals surface area contributed by atoms with E-state index >= 15 is 0 Å². The minimum absolute atomic E-state index is 0.0186. The third-order valence-corrected chi connectivity index (χ3v) is 2.78. The molecule has 19 heavy (non-hydrogen) atoms. The molecular formula is C13H6ClF3N2. The molecule has 0 amide bonds. The van der Waals surface area contributed by atoms with Crippen molar-refractivity contribution in [3.8, 4) is 17.2 Å². The second-order valence-corrected chi connectivity index (χ2v) is 4.12. The highest BCUT2D eigenvalue weighted by molar-refractivity contribution is 6.31. The van der Waals surface area contributed by atoms with E-state index < -0.39 is 11.7 Å². The van der Waals surface area contributed by atoms with Crippen LogP contribution in [0.3, 0.4) is 0 Å². The van der Waals surface area contributed by atoms with Gasteiger partial charge in [0.05, 0.1) is 10.6 Å². The van der Waals surface area contributed by atoms with Crippen molar-refractivity contribution in [3.63, 3.8) is 0 Å². The summed E-state index contributed by atoms with van der Waals surface area (Å²) in [6.07, 6.45) is -3.26. The second-order valence-electron chi connectivity index (χ2n) is 3.71. The van der Waals surface area contributed by atoms with E-state index in [0.29, 0.717) is 0 Å². The summed E-state index contributed by atoms with van der Waals surface area (Å²) in [4.78, 5) is 3.74. The first-order chi connectivity index (χ1) is 8.93. The lowest BCUT2D eigenvalue weighted by atomic mass is 10.0. The highest BCUT2D eigenvalue weighted by Gasteiger charge is 2.33. The summed E-state index contributed by atoms with van der Waals surface area (Å²) in [5.74, 6) is 0. The molecule has 1 aromatic heterocycles. The number of hydrogen-bond donors (Lipinski definition) is 0. The van der Waals surface area contributed by atoms with Gasteiger partial charge in [-0.05, 0) is 17.7 Å². The molecule has 0 aliphatic carbocycles. The van der Waals surface area contributed by atoms with E-state index in [9.17, 15) is 13.2 Å². The SMILES string of the molecule is N#Cc1ncc(-c2ccccc2C(F)(F)F)cc1Cl. The molecule has 0 bridgehead atoms. The summed E-state index contributed by atoms with van der Waals surface area (Å²) in [7, 11) is 0. The van der Waals surface area contributed by atoms with Gasteiger partial charge in [-0.15, -0.1) is 0 Å². The Morgan fingerprint density at radius 1 is 1.21 bits per heavy atom. The van der Waals surface area contributed by atoms with Crippen molar-refractivity contribution in [2.45, 2.75) is 6.18 Å². The average Bonchev–Trinajstić information content (AvgIpc) is 2.37. The van der Waals surface area contributed by atoms with Gasteiger partial charge < -0.3 is 0 Å². The molecule has 0 aliphatic rings. The Balaban J connectivity index is 2.61. The summed E-state index contributed by atoms with van der Waals surface area (Å²) in [5.41, 5.74) is -0.585. The first kappa shape index (κ1) is 13.4. The van der Waals surface area contributed by atoms with E-state index in [1.807, 2.05) is 0 Å². The first-order valence-electron chi connectivity index (χ1n) is 5.15. The minimum atomic E-state index is -4.46. The number of hydrogen-bond acceptors (Lipinski definition) is 2. The molecule has 0 spiro atoms. The van der Waals surface area contributed by atoms with Crippen molar-refractivity contribution in [1.82, 2.24) is 4.98 Å². The zero-order chi connectivity index (χ0) is 14.0. The fraction of sp³-hybridized carbons (Fsp3) is 0.0769. The molecule has 1 aromatic carbocycles. The number of nitriles is 1. The summed E-state index contributed by atoms with van der Waals surface area (Å²) < 4.78 is 38.6. The van der Waals surface area contributed by atoms with Crippen LogP contribution in [-0.2, 0) is 6.18 Å². The molecule has 96 valence electrons. The van der Waals surface area contributed by atoms with Gasteiger partial charge in [-0.2, -0.15) is 18.4 Å². The van der Waals surface area contributed by atoms with Crippen molar-refractivity contribution in [2.24, 2.45) is 0 Å². The lowest BCUT2D eigenvalue weighted by molar-refractivity contribution is -0.137. The predicted molar refractivity (Wildman–Crippen MR) is 64.4 cm³/mol. The van der Waals surface area contributed by atoms with Crippen molar-refractivity contribution in [2.75, 3.05) is 0 Å². The monoisotopic (exact) mass is 282 g/mol. The molecule has 2 aromatic rings. The van der Waals surface area contributed by atoms with E-state index in [0.717, 1.165) is 6.07 Å². The van der Waals surface area contributed by atoms with Crippen molar-refractivity contribution < 1.29 is 13.2 Å². The van der Waals surface area contributed by atoms with Gasteiger partial charge in [0, 0.05) is 11.8 Å². The molecule has 0 saturated heterocycles. The van der Waals surface area contributed by atoms with Gasteiger partial charge in [-0.25, -0.2) is 4.98 Å². The number of nitrogens with zero attached hydrogens (tertiary/aromatic N) is 2.